The highest BCUT2D eigenvalue weighted by Crippen LogP contribution is 2.19. The minimum absolute atomic E-state index is 0.117. The zero-order valence-corrected chi connectivity index (χ0v) is 11.8. The highest BCUT2D eigenvalue weighted by Gasteiger charge is 2.28. The molecule has 21 heavy (non-hydrogen) atoms. The number of nitrogens with one attached hydrogen (secondary N) is 2. The van der Waals surface area contributed by atoms with Crippen molar-refractivity contribution in [2.45, 2.75) is 31.8 Å². The maximum absolute atomic E-state index is 11.8. The Labute approximate surface area is 121 Å². The second-order valence-corrected chi connectivity index (χ2v) is 5.23. The minimum Gasteiger partial charge on any atom is -0.476 e. The fourth-order valence-electron chi connectivity index (χ4n) is 2.05. The lowest BCUT2D eigenvalue weighted by molar-refractivity contribution is 0.0492. The molecule has 2 rings (SSSR count). The summed E-state index contributed by atoms with van der Waals surface area (Å²) in [5, 5.41) is 21.5. The number of carboxylic acids is 1. The highest BCUT2D eigenvalue weighted by atomic mass is 16.5. The fourth-order valence-corrected chi connectivity index (χ4v) is 2.05. The Balaban J connectivity index is 1.72. The standard InChI is InChI=1S/C12H19N5O4/c1-12(2-6-21-7-3-12)14-11(20)13-4-5-17-8-9(10(18)19)15-16-17/h8H,2-7H2,1H3,(H,18,19)(H2,13,14,20). The summed E-state index contributed by atoms with van der Waals surface area (Å²) in [5.74, 6) is -1.13. The van der Waals surface area contributed by atoms with E-state index in [1.807, 2.05) is 6.92 Å². The van der Waals surface area contributed by atoms with Crippen LogP contribution in [0.15, 0.2) is 6.20 Å². The van der Waals surface area contributed by atoms with Crippen molar-refractivity contribution in [2.24, 2.45) is 0 Å². The molecule has 3 N–H and O–H groups in total. The van der Waals surface area contributed by atoms with Gasteiger partial charge >= 0.3 is 12.0 Å². The molecule has 1 aliphatic heterocycles. The van der Waals surface area contributed by atoms with Crippen LogP contribution in [0, 0.1) is 0 Å². The topological polar surface area (TPSA) is 118 Å². The van der Waals surface area contributed by atoms with Crippen molar-refractivity contribution in [1.82, 2.24) is 25.6 Å². The number of aromatic nitrogens is 3. The van der Waals surface area contributed by atoms with Gasteiger partial charge in [-0.15, -0.1) is 5.10 Å². The van der Waals surface area contributed by atoms with Crippen molar-refractivity contribution in [1.29, 1.82) is 0 Å². The summed E-state index contributed by atoms with van der Waals surface area (Å²) >= 11 is 0. The lowest BCUT2D eigenvalue weighted by Gasteiger charge is -2.34. The number of hydrogen-bond acceptors (Lipinski definition) is 5. The Morgan fingerprint density at radius 1 is 1.48 bits per heavy atom. The summed E-state index contributed by atoms with van der Waals surface area (Å²) in [5.41, 5.74) is -0.360. The van der Waals surface area contributed by atoms with Gasteiger partial charge < -0.3 is 20.5 Å². The Kier molecular flexibility index (Phi) is 4.73. The summed E-state index contributed by atoms with van der Waals surface area (Å²) in [6.45, 7) is 3.97. The van der Waals surface area contributed by atoms with Crippen molar-refractivity contribution >= 4 is 12.0 Å². The van der Waals surface area contributed by atoms with Crippen molar-refractivity contribution in [2.75, 3.05) is 19.8 Å². The van der Waals surface area contributed by atoms with Crippen LogP contribution in [0.2, 0.25) is 0 Å². The molecule has 116 valence electrons. The lowest BCUT2D eigenvalue weighted by atomic mass is 9.93. The molecule has 0 saturated carbocycles. The number of urea groups is 1. The Bertz CT molecular complexity index is 510. The molecule has 0 radical (unpaired) electrons. The van der Waals surface area contributed by atoms with Crippen molar-refractivity contribution in [3.63, 3.8) is 0 Å². The Morgan fingerprint density at radius 2 is 2.19 bits per heavy atom. The van der Waals surface area contributed by atoms with Gasteiger partial charge in [-0.3, -0.25) is 0 Å². The number of carbonyl (C=O) groups excluding carboxylic acids is 1. The Hall–Kier alpha value is -2.16. The fraction of sp³-hybridized carbons (Fsp3) is 0.667. The van der Waals surface area contributed by atoms with Crippen molar-refractivity contribution in [3.05, 3.63) is 11.9 Å². The summed E-state index contributed by atoms with van der Waals surface area (Å²) in [4.78, 5) is 22.5. The van der Waals surface area contributed by atoms with E-state index < -0.39 is 5.97 Å². The van der Waals surface area contributed by atoms with Gasteiger partial charge in [-0.2, -0.15) is 0 Å². The van der Waals surface area contributed by atoms with Gasteiger partial charge in [0.05, 0.1) is 12.7 Å². The van der Waals surface area contributed by atoms with E-state index >= 15 is 0 Å². The van der Waals surface area contributed by atoms with Gasteiger partial charge in [0.1, 0.15) is 0 Å². The molecule has 9 nitrogen and oxygen atoms in total. The van der Waals surface area contributed by atoms with Crippen LogP contribution in [-0.4, -0.2) is 57.4 Å². The molecule has 1 saturated heterocycles. The zero-order chi connectivity index (χ0) is 15.3. The summed E-state index contributed by atoms with van der Waals surface area (Å²) in [6.07, 6.45) is 2.89. The van der Waals surface area contributed by atoms with E-state index in [1.54, 1.807) is 0 Å². The van der Waals surface area contributed by atoms with E-state index in [4.69, 9.17) is 9.84 Å². The van der Waals surface area contributed by atoms with Gasteiger partial charge in [0, 0.05) is 25.3 Å². The maximum atomic E-state index is 11.8. The number of aromatic carboxylic acids is 1. The molecule has 0 bridgehead atoms. The van der Waals surface area contributed by atoms with E-state index in [-0.39, 0.29) is 17.3 Å². The van der Waals surface area contributed by atoms with Crippen LogP contribution < -0.4 is 10.6 Å². The first-order valence-electron chi connectivity index (χ1n) is 6.76. The van der Waals surface area contributed by atoms with Gasteiger partial charge in [0.25, 0.3) is 0 Å². The number of ether oxygens (including phenoxy) is 1. The normalized spacial score (nSPS) is 17.2. The average Bonchev–Trinajstić information content (AvgIpc) is 2.88. The van der Waals surface area contributed by atoms with Crippen LogP contribution in [-0.2, 0) is 11.3 Å². The lowest BCUT2D eigenvalue weighted by Crippen LogP contribution is -2.53. The molecule has 0 aliphatic carbocycles. The van der Waals surface area contributed by atoms with Crippen LogP contribution >= 0.6 is 0 Å². The molecule has 1 fully saturated rings. The monoisotopic (exact) mass is 297 g/mol. The number of carboxylic acid groups (broad SMARTS) is 1. The predicted molar refractivity (Wildman–Crippen MR) is 72.0 cm³/mol. The Morgan fingerprint density at radius 3 is 2.81 bits per heavy atom. The molecule has 0 unspecified atom stereocenters. The molecule has 2 amide bonds. The molecule has 1 aromatic rings. The number of rotatable bonds is 5. The molecule has 2 heterocycles. The number of carbonyl (C=O) groups is 2. The third kappa shape index (κ3) is 4.42. The minimum atomic E-state index is -1.13. The average molecular weight is 297 g/mol. The molecule has 9 heteroatoms. The van der Waals surface area contributed by atoms with Crippen LogP contribution in [0.25, 0.3) is 0 Å². The van der Waals surface area contributed by atoms with Gasteiger partial charge in [-0.05, 0) is 19.8 Å². The first kappa shape index (κ1) is 15.2. The van der Waals surface area contributed by atoms with Crippen molar-refractivity contribution < 1.29 is 19.4 Å². The highest BCUT2D eigenvalue weighted by molar-refractivity contribution is 5.84. The number of amides is 2. The molecular formula is C12H19N5O4. The van der Waals surface area contributed by atoms with Crippen LogP contribution in [0.3, 0.4) is 0 Å². The molecule has 0 atom stereocenters. The molecular weight excluding hydrogens is 278 g/mol. The van der Waals surface area contributed by atoms with Crippen LogP contribution in [0.5, 0.6) is 0 Å². The predicted octanol–water partition coefficient (Wildman–Crippen LogP) is -0.155. The van der Waals surface area contributed by atoms with Gasteiger partial charge in [-0.1, -0.05) is 5.21 Å². The first-order chi connectivity index (χ1) is 9.98. The molecule has 0 aromatic carbocycles. The smallest absolute Gasteiger partial charge is 0.358 e. The molecule has 0 spiro atoms. The van der Waals surface area contributed by atoms with Gasteiger partial charge in [-0.25, -0.2) is 14.3 Å². The third-order valence-corrected chi connectivity index (χ3v) is 3.40. The largest absolute Gasteiger partial charge is 0.476 e. The van der Waals surface area contributed by atoms with E-state index in [1.165, 1.54) is 10.9 Å². The summed E-state index contributed by atoms with van der Waals surface area (Å²) < 4.78 is 6.64. The van der Waals surface area contributed by atoms with Crippen LogP contribution in [0.4, 0.5) is 4.79 Å². The van der Waals surface area contributed by atoms with E-state index in [0.717, 1.165) is 12.8 Å². The maximum Gasteiger partial charge on any atom is 0.358 e. The number of nitrogens with zero attached hydrogens (tertiary/aromatic N) is 3. The molecule has 1 aliphatic rings. The van der Waals surface area contributed by atoms with Crippen molar-refractivity contribution in [3.8, 4) is 0 Å². The first-order valence-corrected chi connectivity index (χ1v) is 6.76. The SMILES string of the molecule is CC1(NC(=O)NCCn2cc(C(=O)O)nn2)CCOCC1. The second-order valence-electron chi connectivity index (χ2n) is 5.23. The quantitative estimate of drug-likeness (QED) is 0.695. The second kappa shape index (κ2) is 6.53. The van der Waals surface area contributed by atoms with E-state index in [2.05, 4.69) is 20.9 Å². The van der Waals surface area contributed by atoms with Gasteiger partial charge in [0.2, 0.25) is 0 Å². The van der Waals surface area contributed by atoms with Gasteiger partial charge in [0.15, 0.2) is 5.69 Å². The van der Waals surface area contributed by atoms with E-state index in [0.29, 0.717) is 26.3 Å². The van der Waals surface area contributed by atoms with E-state index in [9.17, 15) is 9.59 Å². The third-order valence-electron chi connectivity index (χ3n) is 3.40. The van der Waals surface area contributed by atoms with Crippen LogP contribution in [0.1, 0.15) is 30.3 Å². The number of hydrogen-bond donors (Lipinski definition) is 3. The molecule has 1 aromatic heterocycles. The summed E-state index contributed by atoms with van der Waals surface area (Å²) in [7, 11) is 0. The summed E-state index contributed by atoms with van der Waals surface area (Å²) in [6, 6.07) is -0.252. The zero-order valence-electron chi connectivity index (χ0n) is 11.8.